The summed E-state index contributed by atoms with van der Waals surface area (Å²) in [4.78, 5) is 4.10. The SMILES string of the molecule is COc1ccc(CNCCc2cc(F)cc(F)c2)cn1. The predicted molar refractivity (Wildman–Crippen MR) is 72.6 cm³/mol. The Bertz CT molecular complexity index is 538. The number of halogens is 2. The molecule has 0 aliphatic rings. The summed E-state index contributed by atoms with van der Waals surface area (Å²) in [6.45, 7) is 1.28. The van der Waals surface area contributed by atoms with Crippen molar-refractivity contribution in [2.75, 3.05) is 13.7 Å². The van der Waals surface area contributed by atoms with Crippen LogP contribution in [0.1, 0.15) is 11.1 Å². The van der Waals surface area contributed by atoms with E-state index in [1.807, 2.05) is 6.07 Å². The van der Waals surface area contributed by atoms with E-state index in [1.165, 1.54) is 12.1 Å². The molecule has 20 heavy (non-hydrogen) atoms. The number of nitrogens with one attached hydrogen (secondary N) is 1. The maximum absolute atomic E-state index is 13.0. The zero-order valence-electron chi connectivity index (χ0n) is 11.2. The van der Waals surface area contributed by atoms with Gasteiger partial charge in [-0.2, -0.15) is 0 Å². The van der Waals surface area contributed by atoms with Crippen LogP contribution in [0.2, 0.25) is 0 Å². The van der Waals surface area contributed by atoms with Gasteiger partial charge in [-0.3, -0.25) is 0 Å². The third kappa shape index (κ3) is 4.28. The summed E-state index contributed by atoms with van der Waals surface area (Å²) < 4.78 is 31.0. The first-order valence-electron chi connectivity index (χ1n) is 6.32. The van der Waals surface area contributed by atoms with Gasteiger partial charge >= 0.3 is 0 Å². The molecule has 0 bridgehead atoms. The highest BCUT2D eigenvalue weighted by atomic mass is 19.1. The minimum atomic E-state index is -0.542. The number of hydrogen-bond acceptors (Lipinski definition) is 3. The van der Waals surface area contributed by atoms with Crippen molar-refractivity contribution in [1.82, 2.24) is 10.3 Å². The van der Waals surface area contributed by atoms with Gasteiger partial charge in [-0.25, -0.2) is 13.8 Å². The average Bonchev–Trinajstić information content (AvgIpc) is 2.43. The first kappa shape index (κ1) is 14.4. The largest absolute Gasteiger partial charge is 0.481 e. The first-order valence-corrected chi connectivity index (χ1v) is 6.32. The molecule has 0 unspecified atom stereocenters. The second-order valence-corrected chi connectivity index (χ2v) is 4.41. The van der Waals surface area contributed by atoms with E-state index in [2.05, 4.69) is 10.3 Å². The Morgan fingerprint density at radius 2 is 1.85 bits per heavy atom. The van der Waals surface area contributed by atoms with Gasteiger partial charge in [-0.1, -0.05) is 6.07 Å². The number of nitrogens with zero attached hydrogens (tertiary/aromatic N) is 1. The summed E-state index contributed by atoms with van der Waals surface area (Å²) in [6, 6.07) is 7.28. The van der Waals surface area contributed by atoms with Gasteiger partial charge < -0.3 is 10.1 Å². The van der Waals surface area contributed by atoms with Crippen molar-refractivity contribution in [1.29, 1.82) is 0 Å². The van der Waals surface area contributed by atoms with Crippen LogP contribution in [0.3, 0.4) is 0 Å². The van der Waals surface area contributed by atoms with Gasteiger partial charge in [-0.05, 0) is 36.2 Å². The van der Waals surface area contributed by atoms with Gasteiger partial charge in [0.15, 0.2) is 0 Å². The molecule has 0 aliphatic carbocycles. The molecule has 1 N–H and O–H groups in total. The highest BCUT2D eigenvalue weighted by Gasteiger charge is 2.01. The molecule has 2 aromatic rings. The third-order valence-corrected chi connectivity index (χ3v) is 2.85. The molecule has 0 saturated carbocycles. The fraction of sp³-hybridized carbons (Fsp3) is 0.267. The fourth-order valence-corrected chi connectivity index (χ4v) is 1.86. The quantitative estimate of drug-likeness (QED) is 0.825. The average molecular weight is 278 g/mol. The number of aromatic nitrogens is 1. The number of benzene rings is 1. The van der Waals surface area contributed by atoms with Gasteiger partial charge in [0.25, 0.3) is 0 Å². The summed E-state index contributed by atoms with van der Waals surface area (Å²) in [5, 5.41) is 3.20. The standard InChI is InChI=1S/C15H16F2N2O/c1-20-15-3-2-12(10-19-15)9-18-5-4-11-6-13(16)8-14(17)7-11/h2-3,6-8,10,18H,4-5,9H2,1H3. The van der Waals surface area contributed by atoms with E-state index in [1.54, 1.807) is 19.4 Å². The van der Waals surface area contributed by atoms with Crippen molar-refractivity contribution in [2.24, 2.45) is 0 Å². The highest BCUT2D eigenvalue weighted by Crippen LogP contribution is 2.09. The van der Waals surface area contributed by atoms with E-state index in [0.29, 0.717) is 31.0 Å². The molecular formula is C15H16F2N2O. The van der Waals surface area contributed by atoms with Crippen molar-refractivity contribution in [3.05, 3.63) is 59.3 Å². The third-order valence-electron chi connectivity index (χ3n) is 2.85. The molecule has 0 aliphatic heterocycles. The van der Waals surface area contributed by atoms with E-state index in [-0.39, 0.29) is 0 Å². The molecule has 0 fully saturated rings. The van der Waals surface area contributed by atoms with Crippen molar-refractivity contribution in [2.45, 2.75) is 13.0 Å². The molecule has 0 saturated heterocycles. The minimum absolute atomic E-state index is 0.542. The number of pyridine rings is 1. The molecule has 1 heterocycles. The Morgan fingerprint density at radius 3 is 2.45 bits per heavy atom. The number of hydrogen-bond donors (Lipinski definition) is 1. The second kappa shape index (κ2) is 6.96. The molecular weight excluding hydrogens is 262 g/mol. The van der Waals surface area contributed by atoms with E-state index >= 15 is 0 Å². The lowest BCUT2D eigenvalue weighted by Crippen LogP contribution is -2.17. The van der Waals surface area contributed by atoms with Crippen LogP contribution in [-0.2, 0) is 13.0 Å². The smallest absolute Gasteiger partial charge is 0.212 e. The normalized spacial score (nSPS) is 10.6. The van der Waals surface area contributed by atoms with Gasteiger partial charge in [0.2, 0.25) is 5.88 Å². The van der Waals surface area contributed by atoms with Crippen LogP contribution in [-0.4, -0.2) is 18.6 Å². The summed E-state index contributed by atoms with van der Waals surface area (Å²) in [5.74, 6) is -0.511. The number of ether oxygens (including phenoxy) is 1. The predicted octanol–water partition coefficient (Wildman–Crippen LogP) is 2.70. The Labute approximate surface area is 116 Å². The van der Waals surface area contributed by atoms with Gasteiger partial charge in [0.05, 0.1) is 7.11 Å². The molecule has 5 heteroatoms. The minimum Gasteiger partial charge on any atom is -0.481 e. The molecule has 0 amide bonds. The summed E-state index contributed by atoms with van der Waals surface area (Å²) >= 11 is 0. The topological polar surface area (TPSA) is 34.1 Å². The van der Waals surface area contributed by atoms with Gasteiger partial charge in [0.1, 0.15) is 11.6 Å². The van der Waals surface area contributed by atoms with Crippen LogP contribution < -0.4 is 10.1 Å². The zero-order chi connectivity index (χ0) is 14.4. The zero-order valence-corrected chi connectivity index (χ0v) is 11.2. The summed E-state index contributed by atoms with van der Waals surface area (Å²) in [6.07, 6.45) is 2.30. The van der Waals surface area contributed by atoms with Crippen LogP contribution in [0, 0.1) is 11.6 Å². The van der Waals surface area contributed by atoms with Crippen LogP contribution in [0.15, 0.2) is 36.5 Å². The van der Waals surface area contributed by atoms with Crippen molar-refractivity contribution in [3.8, 4) is 5.88 Å². The van der Waals surface area contributed by atoms with E-state index in [9.17, 15) is 8.78 Å². The summed E-state index contributed by atoms with van der Waals surface area (Å²) in [5.41, 5.74) is 1.67. The highest BCUT2D eigenvalue weighted by molar-refractivity contribution is 5.19. The Morgan fingerprint density at radius 1 is 1.10 bits per heavy atom. The van der Waals surface area contributed by atoms with Crippen LogP contribution in [0.25, 0.3) is 0 Å². The number of rotatable bonds is 6. The Kier molecular flexibility index (Phi) is 5.01. The van der Waals surface area contributed by atoms with Gasteiger partial charge in [-0.15, -0.1) is 0 Å². The van der Waals surface area contributed by atoms with Crippen molar-refractivity contribution >= 4 is 0 Å². The summed E-state index contributed by atoms with van der Waals surface area (Å²) in [7, 11) is 1.57. The first-order chi connectivity index (χ1) is 9.67. The van der Waals surface area contributed by atoms with Gasteiger partial charge in [0, 0.05) is 24.9 Å². The molecule has 1 aromatic heterocycles. The molecule has 3 nitrogen and oxygen atoms in total. The van der Waals surface area contributed by atoms with Crippen LogP contribution >= 0.6 is 0 Å². The molecule has 0 radical (unpaired) electrons. The van der Waals surface area contributed by atoms with E-state index in [4.69, 9.17) is 4.74 Å². The molecule has 0 atom stereocenters. The lowest BCUT2D eigenvalue weighted by molar-refractivity contribution is 0.397. The Hall–Kier alpha value is -2.01. The molecule has 2 rings (SSSR count). The maximum atomic E-state index is 13.0. The lowest BCUT2D eigenvalue weighted by Gasteiger charge is -2.06. The van der Waals surface area contributed by atoms with Crippen molar-refractivity contribution in [3.63, 3.8) is 0 Å². The molecule has 0 spiro atoms. The van der Waals surface area contributed by atoms with E-state index < -0.39 is 11.6 Å². The Balaban J connectivity index is 1.78. The van der Waals surface area contributed by atoms with Crippen molar-refractivity contribution < 1.29 is 13.5 Å². The lowest BCUT2D eigenvalue weighted by atomic mass is 10.1. The molecule has 1 aromatic carbocycles. The monoisotopic (exact) mass is 278 g/mol. The van der Waals surface area contributed by atoms with Crippen LogP contribution in [0.5, 0.6) is 5.88 Å². The second-order valence-electron chi connectivity index (χ2n) is 4.41. The van der Waals surface area contributed by atoms with Crippen LogP contribution in [0.4, 0.5) is 8.78 Å². The molecule has 106 valence electrons. The van der Waals surface area contributed by atoms with E-state index in [0.717, 1.165) is 11.6 Å². The maximum Gasteiger partial charge on any atom is 0.212 e. The fourth-order valence-electron chi connectivity index (χ4n) is 1.86. The number of methoxy groups -OCH3 is 1.